The minimum atomic E-state index is -3.90. The normalized spacial score (nSPS) is 14.9. The van der Waals surface area contributed by atoms with Crippen molar-refractivity contribution >= 4 is 76.6 Å². The number of fused-ring (bicyclic) bond motifs is 2. The molecule has 2 aliphatic rings. The fourth-order valence-electron chi connectivity index (χ4n) is 5.23. The number of nitrogens with zero attached hydrogens (tertiary/aromatic N) is 2. The first-order valence-electron chi connectivity index (χ1n) is 15.4. The van der Waals surface area contributed by atoms with Gasteiger partial charge in [-0.3, -0.25) is 9.59 Å². The monoisotopic (exact) mass is 778 g/mol. The number of aryl methyl sites for hydroxylation is 2. The molecular formula is C35H31BrN4O8S2. The standard InChI is InChI=1S/C18H16N2O5S.C17H15BrN2O3S/c21-15(10-5-7-12-6-1-2-8-13(12)18(22)23)17-19-14-9-3-4-11-16(14)26(24,25)20-17;18-13-8-2-1-6-12(13)7-5-10-15(21)17-19-14-9-3-4-11-16(14)24(22,23)20-17/h1-4,6,8-9,11H,5,7,10H2,(H,19,20)(H,22,23);1-4,6,8-9,11H,5,7,10H2,(H,19,20). The first-order valence-corrected chi connectivity index (χ1v) is 19.1. The fraction of sp³-hybridized carbons (Fsp3) is 0.171. The average molecular weight is 780 g/mol. The summed E-state index contributed by atoms with van der Waals surface area (Å²) in [4.78, 5) is 36.0. The third-order valence-electron chi connectivity index (χ3n) is 7.69. The Balaban J connectivity index is 0.000000195. The van der Waals surface area contributed by atoms with Crippen LogP contribution in [0, 0.1) is 0 Å². The van der Waals surface area contributed by atoms with Gasteiger partial charge in [-0.15, -0.1) is 8.80 Å². The molecule has 50 heavy (non-hydrogen) atoms. The SMILES string of the molecule is O=C(CCCc1ccccc1Br)C1=NS(=O)(=O)c2ccccc2N1.O=C(CCCc1ccccc1C(=O)O)C1=NS(=O)(=O)c2ccccc2N1. The molecule has 0 atom stereocenters. The highest BCUT2D eigenvalue weighted by atomic mass is 79.9. The summed E-state index contributed by atoms with van der Waals surface area (Å²) in [6.07, 6.45) is 2.40. The Hall–Kier alpha value is -4.99. The van der Waals surface area contributed by atoms with Gasteiger partial charge in [0.15, 0.2) is 23.2 Å². The van der Waals surface area contributed by atoms with Crippen LogP contribution in [0.5, 0.6) is 0 Å². The Kier molecular flexibility index (Phi) is 11.4. The first kappa shape index (κ1) is 36.3. The molecule has 2 heterocycles. The molecule has 0 aliphatic carbocycles. The van der Waals surface area contributed by atoms with Crippen molar-refractivity contribution in [3.05, 3.63) is 118 Å². The molecule has 0 amide bonds. The maximum atomic E-state index is 12.3. The van der Waals surface area contributed by atoms with Crippen molar-refractivity contribution in [1.82, 2.24) is 0 Å². The number of para-hydroxylation sites is 2. The van der Waals surface area contributed by atoms with E-state index in [0.29, 0.717) is 36.2 Å². The summed E-state index contributed by atoms with van der Waals surface area (Å²) >= 11 is 3.47. The van der Waals surface area contributed by atoms with Crippen LogP contribution in [0.3, 0.4) is 0 Å². The predicted molar refractivity (Wildman–Crippen MR) is 193 cm³/mol. The number of nitrogens with one attached hydrogen (secondary N) is 2. The van der Waals surface area contributed by atoms with Gasteiger partial charge in [-0.2, -0.15) is 16.8 Å². The van der Waals surface area contributed by atoms with Gasteiger partial charge in [0.05, 0.1) is 16.9 Å². The van der Waals surface area contributed by atoms with Gasteiger partial charge in [-0.05, 0) is 73.2 Å². The maximum Gasteiger partial charge on any atom is 0.335 e. The highest BCUT2D eigenvalue weighted by Crippen LogP contribution is 2.28. The molecule has 3 N–H and O–H groups in total. The molecule has 12 nitrogen and oxygen atoms in total. The van der Waals surface area contributed by atoms with Gasteiger partial charge >= 0.3 is 5.97 Å². The number of rotatable bonds is 11. The second-order valence-corrected chi connectivity index (χ2v) is 15.2. The van der Waals surface area contributed by atoms with Crippen LogP contribution in [0.25, 0.3) is 0 Å². The molecule has 0 radical (unpaired) electrons. The number of carbonyl (C=O) groups excluding carboxylic acids is 2. The molecule has 0 aromatic heterocycles. The number of aromatic carboxylic acids is 1. The van der Waals surface area contributed by atoms with E-state index in [1.807, 2.05) is 24.3 Å². The second-order valence-electron chi connectivity index (χ2n) is 11.2. The molecule has 2 aliphatic heterocycles. The lowest BCUT2D eigenvalue weighted by molar-refractivity contribution is -0.113. The van der Waals surface area contributed by atoms with Crippen LogP contribution in [0.4, 0.5) is 11.4 Å². The Bertz CT molecular complexity index is 2250. The number of halogens is 1. The van der Waals surface area contributed by atoms with Crippen molar-refractivity contribution in [2.45, 2.75) is 48.3 Å². The van der Waals surface area contributed by atoms with Crippen LogP contribution >= 0.6 is 15.9 Å². The van der Waals surface area contributed by atoms with Crippen molar-refractivity contribution in [3.8, 4) is 0 Å². The predicted octanol–water partition coefficient (Wildman–Crippen LogP) is 6.04. The molecule has 0 saturated carbocycles. The topological polar surface area (TPSA) is 188 Å². The molecule has 15 heteroatoms. The Morgan fingerprint density at radius 3 is 1.52 bits per heavy atom. The Morgan fingerprint density at radius 2 is 1.02 bits per heavy atom. The van der Waals surface area contributed by atoms with E-state index < -0.39 is 31.8 Å². The minimum Gasteiger partial charge on any atom is -0.478 e. The molecule has 0 unspecified atom stereocenters. The summed E-state index contributed by atoms with van der Waals surface area (Å²) in [5.41, 5.74) is 2.65. The lowest BCUT2D eigenvalue weighted by atomic mass is 10.0. The van der Waals surface area contributed by atoms with Gasteiger partial charge in [-0.1, -0.05) is 76.6 Å². The van der Waals surface area contributed by atoms with Gasteiger partial charge in [-0.25, -0.2) is 4.79 Å². The summed E-state index contributed by atoms with van der Waals surface area (Å²) in [5, 5.41) is 14.7. The van der Waals surface area contributed by atoms with Crippen molar-refractivity contribution in [2.24, 2.45) is 8.80 Å². The van der Waals surface area contributed by atoms with Gasteiger partial charge in [0.1, 0.15) is 9.79 Å². The average Bonchev–Trinajstić information content (AvgIpc) is 3.09. The number of Topliss-reactive ketones (excluding diaryl/α,β-unsaturated/α-hetero) is 2. The number of benzene rings is 4. The number of hydrogen-bond donors (Lipinski definition) is 3. The molecule has 0 bridgehead atoms. The van der Waals surface area contributed by atoms with Crippen LogP contribution in [-0.4, -0.2) is 51.1 Å². The van der Waals surface area contributed by atoms with Crippen LogP contribution in [-0.2, 0) is 42.5 Å². The summed E-state index contributed by atoms with van der Waals surface area (Å²) < 4.78 is 56.8. The van der Waals surface area contributed by atoms with E-state index >= 15 is 0 Å². The number of hydrogen-bond acceptors (Lipinski definition) is 9. The van der Waals surface area contributed by atoms with Gasteiger partial charge in [0.25, 0.3) is 20.0 Å². The molecule has 4 aromatic rings. The van der Waals surface area contributed by atoms with Crippen molar-refractivity contribution in [3.63, 3.8) is 0 Å². The number of amidine groups is 2. The van der Waals surface area contributed by atoms with Crippen LogP contribution in [0.1, 0.15) is 47.2 Å². The summed E-state index contributed by atoms with van der Waals surface area (Å²) in [5.74, 6) is -2.08. The number of sulfonamides is 2. The molecule has 6 rings (SSSR count). The Labute approximate surface area is 297 Å². The lowest BCUT2D eigenvalue weighted by Gasteiger charge is -2.17. The van der Waals surface area contributed by atoms with Gasteiger partial charge in [0.2, 0.25) is 0 Å². The number of carboxylic acid groups (broad SMARTS) is 1. The minimum absolute atomic E-state index is 0.0342. The highest BCUT2D eigenvalue weighted by Gasteiger charge is 2.28. The second kappa shape index (κ2) is 15.7. The van der Waals surface area contributed by atoms with E-state index in [1.165, 1.54) is 18.2 Å². The molecule has 0 saturated heterocycles. The smallest absolute Gasteiger partial charge is 0.335 e. The van der Waals surface area contributed by atoms with Gasteiger partial charge < -0.3 is 15.7 Å². The van der Waals surface area contributed by atoms with Crippen molar-refractivity contribution < 1.29 is 36.3 Å². The molecule has 4 aromatic carbocycles. The third-order valence-corrected chi connectivity index (χ3v) is 11.1. The maximum absolute atomic E-state index is 12.3. The first-order chi connectivity index (χ1) is 23.9. The summed E-state index contributed by atoms with van der Waals surface area (Å²) in [6, 6.07) is 27.1. The zero-order chi connectivity index (χ0) is 35.9. The Morgan fingerprint density at radius 1 is 0.600 bits per heavy atom. The zero-order valence-corrected chi connectivity index (χ0v) is 29.6. The van der Waals surface area contributed by atoms with Crippen LogP contribution < -0.4 is 10.6 Å². The van der Waals surface area contributed by atoms with E-state index in [4.69, 9.17) is 5.11 Å². The lowest BCUT2D eigenvalue weighted by Crippen LogP contribution is -2.28. The third kappa shape index (κ3) is 8.77. The van der Waals surface area contributed by atoms with E-state index in [1.54, 1.807) is 54.6 Å². The quantitative estimate of drug-likeness (QED) is 0.162. The molecule has 258 valence electrons. The highest BCUT2D eigenvalue weighted by molar-refractivity contribution is 9.10. The largest absolute Gasteiger partial charge is 0.478 e. The van der Waals surface area contributed by atoms with Crippen LogP contribution in [0.15, 0.2) is 120 Å². The fourth-order valence-corrected chi connectivity index (χ4v) is 7.98. The van der Waals surface area contributed by atoms with Crippen molar-refractivity contribution in [1.29, 1.82) is 0 Å². The van der Waals surface area contributed by atoms with E-state index in [-0.39, 0.29) is 45.7 Å². The number of carboxylic acids is 1. The molecular weight excluding hydrogens is 748 g/mol. The number of anilines is 2. The molecule has 0 spiro atoms. The van der Waals surface area contributed by atoms with E-state index in [2.05, 4.69) is 35.4 Å². The summed E-state index contributed by atoms with van der Waals surface area (Å²) in [7, 11) is -7.73. The van der Waals surface area contributed by atoms with E-state index in [0.717, 1.165) is 16.5 Å². The molecule has 0 fully saturated rings. The van der Waals surface area contributed by atoms with Gasteiger partial charge in [0, 0.05) is 17.3 Å². The number of carbonyl (C=O) groups is 3. The zero-order valence-electron chi connectivity index (χ0n) is 26.4. The van der Waals surface area contributed by atoms with E-state index in [9.17, 15) is 31.2 Å². The van der Waals surface area contributed by atoms with Crippen LogP contribution in [0.2, 0.25) is 0 Å². The van der Waals surface area contributed by atoms with Crippen molar-refractivity contribution in [2.75, 3.05) is 10.6 Å². The number of ketones is 2. The summed E-state index contributed by atoms with van der Waals surface area (Å²) in [6.45, 7) is 0.